The lowest BCUT2D eigenvalue weighted by Gasteiger charge is -2.29. The molecule has 102 valence electrons. The first kappa shape index (κ1) is 13.1. The molecule has 0 aromatic heterocycles. The Morgan fingerprint density at radius 1 is 1.20 bits per heavy atom. The van der Waals surface area contributed by atoms with Gasteiger partial charge in [-0.15, -0.1) is 0 Å². The van der Waals surface area contributed by atoms with Gasteiger partial charge in [-0.2, -0.15) is 0 Å². The van der Waals surface area contributed by atoms with Crippen molar-refractivity contribution in [2.45, 2.75) is 17.2 Å². The molecule has 0 bridgehead atoms. The molecule has 2 aromatic rings. The highest BCUT2D eigenvalue weighted by atomic mass is 32.2. The average Bonchev–Trinajstić information content (AvgIpc) is 2.44. The van der Waals surface area contributed by atoms with Gasteiger partial charge in [0.05, 0.1) is 16.4 Å². The van der Waals surface area contributed by atoms with Gasteiger partial charge in [0.25, 0.3) is 0 Å². The number of carboxylic acids is 1. The van der Waals surface area contributed by atoms with Crippen LogP contribution in [0.3, 0.4) is 0 Å². The molecule has 2 unspecified atom stereocenters. The largest absolute Gasteiger partial charge is 0.478 e. The van der Waals surface area contributed by atoms with Crippen LogP contribution in [0.5, 0.6) is 0 Å². The van der Waals surface area contributed by atoms with Crippen LogP contribution in [0, 0.1) is 0 Å². The van der Waals surface area contributed by atoms with Crippen molar-refractivity contribution in [2.75, 3.05) is 5.75 Å². The molecule has 1 aliphatic rings. The van der Waals surface area contributed by atoms with E-state index in [2.05, 4.69) is 12.1 Å². The van der Waals surface area contributed by atoms with Crippen molar-refractivity contribution in [1.29, 1.82) is 0 Å². The summed E-state index contributed by atoms with van der Waals surface area (Å²) in [5.41, 5.74) is 2.79. The van der Waals surface area contributed by atoms with Gasteiger partial charge in [0.15, 0.2) is 0 Å². The lowest BCUT2D eigenvalue weighted by molar-refractivity contribution is 0.0696. The van der Waals surface area contributed by atoms with Crippen LogP contribution < -0.4 is 0 Å². The van der Waals surface area contributed by atoms with Crippen LogP contribution in [0.25, 0.3) is 0 Å². The Balaban J connectivity index is 1.75. The van der Waals surface area contributed by atoms with E-state index in [-0.39, 0.29) is 5.56 Å². The van der Waals surface area contributed by atoms with Crippen LogP contribution >= 0.6 is 0 Å². The van der Waals surface area contributed by atoms with Gasteiger partial charge in [-0.1, -0.05) is 30.3 Å². The van der Waals surface area contributed by atoms with E-state index in [1.165, 1.54) is 23.3 Å². The third kappa shape index (κ3) is 2.39. The minimum absolute atomic E-state index is 0.185. The first-order valence-electron chi connectivity index (χ1n) is 6.44. The highest BCUT2D eigenvalue weighted by molar-refractivity contribution is 7.85. The predicted octanol–water partition coefficient (Wildman–Crippen LogP) is 2.83. The van der Waals surface area contributed by atoms with Gasteiger partial charge in [-0.3, -0.25) is 4.21 Å². The number of rotatable bonds is 4. The van der Waals surface area contributed by atoms with Crippen LogP contribution in [0.4, 0.5) is 0 Å². The van der Waals surface area contributed by atoms with Crippen molar-refractivity contribution in [3.8, 4) is 0 Å². The maximum atomic E-state index is 12.4. The SMILES string of the molecule is O=C(O)c1cccc(S(=O)CC2Cc3ccccc32)c1. The van der Waals surface area contributed by atoms with E-state index in [0.717, 1.165) is 6.42 Å². The fourth-order valence-electron chi connectivity index (χ4n) is 2.56. The molecule has 2 atom stereocenters. The molecule has 0 saturated carbocycles. The molecule has 0 amide bonds. The molecule has 20 heavy (non-hydrogen) atoms. The summed E-state index contributed by atoms with van der Waals surface area (Å²) >= 11 is 0. The molecule has 0 heterocycles. The predicted molar refractivity (Wildman–Crippen MR) is 77.6 cm³/mol. The molecule has 0 spiro atoms. The summed E-state index contributed by atoms with van der Waals surface area (Å²) in [5, 5.41) is 8.96. The summed E-state index contributed by atoms with van der Waals surface area (Å²) in [4.78, 5) is 11.5. The molecule has 4 heteroatoms. The van der Waals surface area contributed by atoms with Crippen LogP contribution in [-0.4, -0.2) is 21.0 Å². The zero-order valence-corrected chi connectivity index (χ0v) is 11.6. The molecule has 3 rings (SSSR count). The average molecular weight is 286 g/mol. The summed E-state index contributed by atoms with van der Waals surface area (Å²) in [5.74, 6) is -0.113. The van der Waals surface area contributed by atoms with Gasteiger partial charge in [-0.05, 0) is 35.7 Å². The second-order valence-corrected chi connectivity index (χ2v) is 6.44. The standard InChI is InChI=1S/C16H14O3S/c17-16(18)12-5-3-6-14(9-12)20(19)10-13-8-11-4-1-2-7-15(11)13/h1-7,9,13H,8,10H2,(H,17,18). The second kappa shape index (κ2) is 5.21. The van der Waals surface area contributed by atoms with Crippen molar-refractivity contribution in [3.05, 3.63) is 65.2 Å². The second-order valence-electron chi connectivity index (χ2n) is 4.95. The highest BCUT2D eigenvalue weighted by Gasteiger charge is 2.27. The van der Waals surface area contributed by atoms with E-state index in [1.54, 1.807) is 12.1 Å². The van der Waals surface area contributed by atoms with E-state index in [9.17, 15) is 9.00 Å². The van der Waals surface area contributed by atoms with Crippen molar-refractivity contribution in [2.24, 2.45) is 0 Å². The van der Waals surface area contributed by atoms with Crippen LogP contribution in [-0.2, 0) is 17.2 Å². The zero-order chi connectivity index (χ0) is 14.1. The fourth-order valence-corrected chi connectivity index (χ4v) is 3.91. The Bertz CT molecular complexity index is 694. The van der Waals surface area contributed by atoms with E-state index in [1.807, 2.05) is 12.1 Å². The Morgan fingerprint density at radius 2 is 2.00 bits per heavy atom. The maximum absolute atomic E-state index is 12.4. The Morgan fingerprint density at radius 3 is 2.75 bits per heavy atom. The van der Waals surface area contributed by atoms with Gasteiger partial charge in [0.2, 0.25) is 0 Å². The van der Waals surface area contributed by atoms with Gasteiger partial charge in [0, 0.05) is 16.6 Å². The van der Waals surface area contributed by atoms with Crippen LogP contribution in [0.2, 0.25) is 0 Å². The minimum atomic E-state index is -1.16. The van der Waals surface area contributed by atoms with Gasteiger partial charge >= 0.3 is 5.97 Å². The number of carbonyl (C=O) groups is 1. The fraction of sp³-hybridized carbons (Fsp3) is 0.188. The summed E-state index contributed by atoms with van der Waals surface area (Å²) in [6.45, 7) is 0. The number of hydrogen-bond donors (Lipinski definition) is 1. The van der Waals surface area contributed by atoms with E-state index < -0.39 is 16.8 Å². The molecule has 0 saturated heterocycles. The molecule has 2 aromatic carbocycles. The minimum Gasteiger partial charge on any atom is -0.478 e. The third-order valence-electron chi connectivity index (χ3n) is 3.66. The number of benzene rings is 2. The summed E-state index contributed by atoms with van der Waals surface area (Å²) < 4.78 is 12.4. The molecular weight excluding hydrogens is 272 g/mol. The van der Waals surface area contributed by atoms with Crippen molar-refractivity contribution in [3.63, 3.8) is 0 Å². The van der Waals surface area contributed by atoms with E-state index in [4.69, 9.17) is 5.11 Å². The lowest BCUT2D eigenvalue weighted by atomic mass is 9.79. The van der Waals surface area contributed by atoms with Gasteiger partial charge < -0.3 is 5.11 Å². The van der Waals surface area contributed by atoms with Gasteiger partial charge in [0.1, 0.15) is 0 Å². The molecule has 1 N–H and O–H groups in total. The highest BCUT2D eigenvalue weighted by Crippen LogP contribution is 2.36. The molecule has 1 aliphatic carbocycles. The molecule has 3 nitrogen and oxygen atoms in total. The molecule has 0 fully saturated rings. The normalized spacial score (nSPS) is 17.9. The van der Waals surface area contributed by atoms with Crippen LogP contribution in [0.15, 0.2) is 53.4 Å². The third-order valence-corrected chi connectivity index (χ3v) is 5.14. The zero-order valence-electron chi connectivity index (χ0n) is 10.8. The van der Waals surface area contributed by atoms with Gasteiger partial charge in [-0.25, -0.2) is 4.79 Å². The topological polar surface area (TPSA) is 54.4 Å². The lowest BCUT2D eigenvalue weighted by Crippen LogP contribution is -2.22. The summed E-state index contributed by atoms with van der Waals surface area (Å²) in [6, 6.07) is 14.6. The monoisotopic (exact) mass is 286 g/mol. The van der Waals surface area contributed by atoms with E-state index >= 15 is 0 Å². The first-order chi connectivity index (χ1) is 9.65. The number of aromatic carboxylic acids is 1. The maximum Gasteiger partial charge on any atom is 0.335 e. The molecule has 0 aliphatic heterocycles. The number of hydrogen-bond acceptors (Lipinski definition) is 2. The van der Waals surface area contributed by atoms with Crippen molar-refractivity contribution in [1.82, 2.24) is 0 Å². The summed E-state index contributed by atoms with van der Waals surface area (Å²) in [6.07, 6.45) is 0.959. The van der Waals surface area contributed by atoms with Crippen molar-refractivity contribution >= 4 is 16.8 Å². The summed E-state index contributed by atoms with van der Waals surface area (Å²) in [7, 11) is -1.16. The Hall–Kier alpha value is -1.94. The Labute approximate surface area is 119 Å². The van der Waals surface area contributed by atoms with E-state index in [0.29, 0.717) is 16.6 Å². The van der Waals surface area contributed by atoms with Crippen LogP contribution in [0.1, 0.15) is 27.4 Å². The first-order valence-corrected chi connectivity index (χ1v) is 7.76. The molecule has 0 radical (unpaired) electrons. The quantitative estimate of drug-likeness (QED) is 0.940. The number of carboxylic acid groups (broad SMARTS) is 1. The van der Waals surface area contributed by atoms with Crippen molar-refractivity contribution < 1.29 is 14.1 Å². The number of fused-ring (bicyclic) bond motifs is 1. The smallest absolute Gasteiger partial charge is 0.335 e. The Kier molecular flexibility index (Phi) is 3.40. The molecular formula is C16H14O3S.